The van der Waals surface area contributed by atoms with Gasteiger partial charge in [0.15, 0.2) is 0 Å². The van der Waals surface area contributed by atoms with Crippen molar-refractivity contribution in [2.45, 2.75) is 136 Å². The van der Waals surface area contributed by atoms with E-state index in [1.54, 1.807) is 20.8 Å². The van der Waals surface area contributed by atoms with Crippen LogP contribution in [0.1, 0.15) is 119 Å². The molecule has 0 bridgehead atoms. The molecule has 1 aliphatic heterocycles. The third-order valence-corrected chi connectivity index (χ3v) is 5.16. The van der Waals surface area contributed by atoms with Crippen LogP contribution < -0.4 is 0 Å². The van der Waals surface area contributed by atoms with E-state index < -0.39 is 5.60 Å². The zero-order valence-corrected chi connectivity index (χ0v) is 21.4. The summed E-state index contributed by atoms with van der Waals surface area (Å²) >= 11 is 0. The van der Waals surface area contributed by atoms with Crippen LogP contribution in [0.2, 0.25) is 0 Å². The first-order chi connectivity index (χ1) is 12.2. The summed E-state index contributed by atoms with van der Waals surface area (Å²) in [5.74, 6) is 0. The topological polar surface area (TPSA) is 47.9 Å². The SMILES string of the molecule is C.C.C=C(C)C(C)(C)OO.CC(C)=C(C)C.CC(C)=C(C)C.CC1(C)OOC1(C)C. The van der Waals surface area contributed by atoms with Gasteiger partial charge in [-0.1, -0.05) is 43.7 Å². The molecule has 1 N–H and O–H groups in total. The van der Waals surface area contributed by atoms with Crippen LogP contribution in [0.15, 0.2) is 34.4 Å². The predicted octanol–water partition coefficient (Wildman–Crippen LogP) is 9.33. The van der Waals surface area contributed by atoms with Crippen LogP contribution in [-0.2, 0) is 14.7 Å². The number of hydrogen-bond acceptors (Lipinski definition) is 4. The van der Waals surface area contributed by atoms with Gasteiger partial charge in [0.05, 0.1) is 0 Å². The fourth-order valence-corrected chi connectivity index (χ4v) is 0.453. The van der Waals surface area contributed by atoms with E-state index in [9.17, 15) is 0 Å². The molecule has 4 nitrogen and oxygen atoms in total. The first-order valence-electron chi connectivity index (χ1n) is 9.82. The van der Waals surface area contributed by atoms with Gasteiger partial charge in [0.25, 0.3) is 0 Å². The van der Waals surface area contributed by atoms with Gasteiger partial charge in [-0.25, -0.2) is 14.7 Å². The highest BCUT2D eigenvalue weighted by Crippen LogP contribution is 2.38. The minimum absolute atomic E-state index is 0. The zero-order valence-electron chi connectivity index (χ0n) is 21.4. The van der Waals surface area contributed by atoms with E-state index in [0.29, 0.717) is 0 Å². The van der Waals surface area contributed by atoms with Crippen molar-refractivity contribution in [3.05, 3.63) is 34.4 Å². The zero-order chi connectivity index (χ0) is 23.5. The lowest BCUT2D eigenvalue weighted by Crippen LogP contribution is -2.59. The van der Waals surface area contributed by atoms with Crippen LogP contribution in [-0.4, -0.2) is 22.1 Å². The summed E-state index contributed by atoms with van der Waals surface area (Å²) in [6.07, 6.45) is 0. The Morgan fingerprint density at radius 3 is 0.867 bits per heavy atom. The van der Waals surface area contributed by atoms with Crippen molar-refractivity contribution in [1.29, 1.82) is 0 Å². The molecule has 0 aromatic carbocycles. The van der Waals surface area contributed by atoms with Crippen molar-refractivity contribution in [2.24, 2.45) is 0 Å². The number of hydrogen-bond donors (Lipinski definition) is 1. The largest absolute Gasteiger partial charge is 0.251 e. The highest BCUT2D eigenvalue weighted by Gasteiger charge is 2.50. The normalized spacial score (nSPS) is 14.7. The number of rotatable bonds is 2. The highest BCUT2D eigenvalue weighted by atomic mass is 17.3. The molecule has 1 rings (SSSR count). The highest BCUT2D eigenvalue weighted by molar-refractivity contribution is 5.04. The molecule has 4 heteroatoms. The Hall–Kier alpha value is -0.940. The van der Waals surface area contributed by atoms with E-state index in [4.69, 9.17) is 15.0 Å². The van der Waals surface area contributed by atoms with Gasteiger partial charge in [-0.2, -0.15) is 0 Å². The van der Waals surface area contributed by atoms with E-state index in [2.05, 4.69) is 66.9 Å². The molecule has 0 radical (unpaired) electrons. The molecule has 0 saturated carbocycles. The second kappa shape index (κ2) is 16.7. The minimum Gasteiger partial charge on any atom is -0.251 e. The second-order valence-corrected chi connectivity index (χ2v) is 9.57. The van der Waals surface area contributed by atoms with Gasteiger partial charge in [-0.15, -0.1) is 0 Å². The summed E-state index contributed by atoms with van der Waals surface area (Å²) in [6, 6.07) is 0. The van der Waals surface area contributed by atoms with Gasteiger partial charge < -0.3 is 0 Å². The summed E-state index contributed by atoms with van der Waals surface area (Å²) in [5.41, 5.74) is 5.70. The van der Waals surface area contributed by atoms with Crippen LogP contribution in [0.5, 0.6) is 0 Å². The second-order valence-electron chi connectivity index (χ2n) is 9.57. The fraction of sp³-hybridized carbons (Fsp3) is 0.769. The third kappa shape index (κ3) is 17.9. The Bertz CT molecular complexity index is 463. The fourth-order valence-electron chi connectivity index (χ4n) is 0.453. The van der Waals surface area contributed by atoms with Crippen LogP contribution in [0.25, 0.3) is 0 Å². The third-order valence-electron chi connectivity index (χ3n) is 5.16. The lowest BCUT2D eigenvalue weighted by atomic mass is 9.88. The Kier molecular flexibility index (Phi) is 22.0. The lowest BCUT2D eigenvalue weighted by molar-refractivity contribution is -0.535. The molecule has 0 aliphatic carbocycles. The molecule has 30 heavy (non-hydrogen) atoms. The molecule has 0 spiro atoms. The van der Waals surface area contributed by atoms with Crippen molar-refractivity contribution >= 4 is 0 Å². The average molecular weight is 433 g/mol. The Morgan fingerprint density at radius 2 is 0.867 bits per heavy atom. The van der Waals surface area contributed by atoms with Crippen molar-refractivity contribution in [2.75, 3.05) is 0 Å². The van der Waals surface area contributed by atoms with E-state index in [0.717, 1.165) is 5.57 Å². The smallest absolute Gasteiger partial charge is 0.129 e. The molecule has 1 aliphatic rings. The van der Waals surface area contributed by atoms with Gasteiger partial charge in [0, 0.05) is 0 Å². The molecule has 184 valence electrons. The van der Waals surface area contributed by atoms with Crippen molar-refractivity contribution in [1.82, 2.24) is 0 Å². The predicted molar refractivity (Wildman–Crippen MR) is 136 cm³/mol. The van der Waals surface area contributed by atoms with Crippen LogP contribution in [0.4, 0.5) is 0 Å². The maximum Gasteiger partial charge on any atom is 0.129 e. The van der Waals surface area contributed by atoms with Crippen molar-refractivity contribution in [3.63, 3.8) is 0 Å². The summed E-state index contributed by atoms with van der Waals surface area (Å²) in [5, 5.41) is 8.20. The molecule has 0 aromatic rings. The Labute approximate surface area is 190 Å². The van der Waals surface area contributed by atoms with Crippen molar-refractivity contribution in [3.8, 4) is 0 Å². The van der Waals surface area contributed by atoms with E-state index in [1.807, 2.05) is 27.7 Å². The van der Waals surface area contributed by atoms with Gasteiger partial charge in [0.2, 0.25) is 0 Å². The van der Waals surface area contributed by atoms with Gasteiger partial charge >= 0.3 is 0 Å². The van der Waals surface area contributed by atoms with Crippen molar-refractivity contribution < 1.29 is 19.9 Å². The van der Waals surface area contributed by atoms with Crippen LogP contribution in [0, 0.1) is 0 Å². The molecule has 0 amide bonds. The molecular formula is C26H56O4. The summed E-state index contributed by atoms with van der Waals surface area (Å²) in [6.45, 7) is 33.9. The first-order valence-corrected chi connectivity index (χ1v) is 9.82. The van der Waals surface area contributed by atoms with Gasteiger partial charge in [-0.05, 0) is 109 Å². The Morgan fingerprint density at radius 1 is 0.667 bits per heavy atom. The summed E-state index contributed by atoms with van der Waals surface area (Å²) < 4.78 is 0. The van der Waals surface area contributed by atoms with Gasteiger partial charge in [0.1, 0.15) is 16.8 Å². The molecule has 0 unspecified atom stereocenters. The van der Waals surface area contributed by atoms with Crippen LogP contribution >= 0.6 is 0 Å². The maximum atomic E-state index is 8.20. The summed E-state index contributed by atoms with van der Waals surface area (Å²) in [4.78, 5) is 13.8. The van der Waals surface area contributed by atoms with Gasteiger partial charge in [-0.3, -0.25) is 5.26 Å². The Balaban J connectivity index is -0.0000000915. The van der Waals surface area contributed by atoms with E-state index in [-0.39, 0.29) is 26.1 Å². The standard InChI is InChI=1S/2C6H12O2.2C6H12.2CH4/c1-5(2)6(3,4)8-7-5;1-5(2)6(3,4)8-7;2*1-5(2)6(3)4;;/h1-4H3;7H,1H2,2-4H3;2*1-4H3;2*1H4. The number of allylic oxidation sites excluding steroid dienone is 4. The summed E-state index contributed by atoms with van der Waals surface area (Å²) in [7, 11) is 0. The molecular weight excluding hydrogens is 376 g/mol. The lowest BCUT2D eigenvalue weighted by Gasteiger charge is -2.48. The van der Waals surface area contributed by atoms with E-state index in [1.165, 1.54) is 22.3 Å². The maximum absolute atomic E-state index is 8.20. The van der Waals surface area contributed by atoms with E-state index >= 15 is 0 Å². The molecule has 1 saturated heterocycles. The first kappa shape index (κ1) is 39.5. The minimum atomic E-state index is -0.597. The molecule has 0 atom stereocenters. The quantitative estimate of drug-likeness (QED) is 0.268. The monoisotopic (exact) mass is 432 g/mol. The molecule has 0 aromatic heterocycles. The molecule has 1 fully saturated rings. The molecule has 1 heterocycles. The average Bonchev–Trinajstić information content (AvgIpc) is 2.55. The van der Waals surface area contributed by atoms with Crippen LogP contribution in [0.3, 0.4) is 0 Å².